The first kappa shape index (κ1) is 21.8. The van der Waals surface area contributed by atoms with Crippen LogP contribution in [-0.4, -0.2) is 47.5 Å². The monoisotopic (exact) mass is 433 g/mol. The lowest BCUT2D eigenvalue weighted by Crippen LogP contribution is -2.44. The summed E-state index contributed by atoms with van der Waals surface area (Å²) >= 11 is 0. The molecule has 0 saturated carbocycles. The van der Waals surface area contributed by atoms with Crippen molar-refractivity contribution in [3.05, 3.63) is 77.8 Å². The summed E-state index contributed by atoms with van der Waals surface area (Å²) in [7, 11) is 0. The van der Waals surface area contributed by atoms with Crippen LogP contribution in [0.2, 0.25) is 0 Å². The predicted octanol–water partition coefficient (Wildman–Crippen LogP) is 3.91. The van der Waals surface area contributed by atoms with Gasteiger partial charge in [-0.2, -0.15) is 0 Å². The van der Waals surface area contributed by atoms with Crippen LogP contribution in [0.3, 0.4) is 0 Å². The summed E-state index contributed by atoms with van der Waals surface area (Å²) in [5, 5.41) is 3.15. The van der Waals surface area contributed by atoms with Crippen LogP contribution >= 0.6 is 0 Å². The van der Waals surface area contributed by atoms with Gasteiger partial charge < -0.3 is 14.5 Å². The van der Waals surface area contributed by atoms with Crippen LogP contribution < -0.4 is 5.32 Å². The number of esters is 1. The van der Waals surface area contributed by atoms with E-state index in [1.807, 2.05) is 6.07 Å². The molecule has 1 aliphatic heterocycles. The zero-order chi connectivity index (χ0) is 22.3. The number of aromatic nitrogens is 1. The second-order valence-corrected chi connectivity index (χ2v) is 7.81. The van der Waals surface area contributed by atoms with Crippen LogP contribution in [0.15, 0.2) is 65.4 Å². The molecule has 2 heterocycles. The molecule has 1 N–H and O–H groups in total. The summed E-state index contributed by atoms with van der Waals surface area (Å²) in [6.45, 7) is 4.74. The molecule has 32 heavy (non-hydrogen) atoms. The van der Waals surface area contributed by atoms with E-state index in [1.165, 1.54) is 12.0 Å². The molecular formula is C25H27N3O4. The highest BCUT2D eigenvalue weighted by atomic mass is 16.5. The second kappa shape index (κ2) is 10.2. The Bertz CT molecular complexity index is 1060. The molecule has 0 spiro atoms. The minimum absolute atomic E-state index is 0.0707. The predicted molar refractivity (Wildman–Crippen MR) is 120 cm³/mol. The van der Waals surface area contributed by atoms with E-state index < -0.39 is 5.97 Å². The van der Waals surface area contributed by atoms with Gasteiger partial charge in [0.25, 0.3) is 5.91 Å². The van der Waals surface area contributed by atoms with Gasteiger partial charge in [0, 0.05) is 31.2 Å². The third-order valence-electron chi connectivity index (χ3n) is 5.62. The maximum absolute atomic E-state index is 13.1. The third kappa shape index (κ3) is 5.06. The molecule has 1 fully saturated rings. The van der Waals surface area contributed by atoms with Crippen LogP contribution in [0.1, 0.15) is 46.2 Å². The standard InChI is InChI=1S/C25H27N3O4/c1-2-31-25(30)22-23(32-17-26-22)20-10-6-7-11-21(20)24(29)27-19-12-14-28(15-13-19)16-18-8-4-3-5-9-18/h3-11,17,19H,2,12-16H2,1H3,(H,27,29). The number of nitrogens with one attached hydrogen (secondary N) is 1. The average molecular weight is 434 g/mol. The lowest BCUT2D eigenvalue weighted by atomic mass is 10.0. The van der Waals surface area contributed by atoms with Crippen LogP contribution in [0, 0.1) is 0 Å². The smallest absolute Gasteiger partial charge is 0.360 e. The van der Waals surface area contributed by atoms with E-state index in [-0.39, 0.29) is 30.0 Å². The number of piperidine rings is 1. The Kier molecular flexibility index (Phi) is 6.97. The van der Waals surface area contributed by atoms with Crippen molar-refractivity contribution in [3.63, 3.8) is 0 Å². The van der Waals surface area contributed by atoms with Crippen molar-refractivity contribution < 1.29 is 18.7 Å². The van der Waals surface area contributed by atoms with Crippen molar-refractivity contribution >= 4 is 11.9 Å². The van der Waals surface area contributed by atoms with Crippen LogP contribution in [0.25, 0.3) is 11.3 Å². The van der Waals surface area contributed by atoms with Gasteiger partial charge in [0.05, 0.1) is 12.2 Å². The molecule has 1 amide bonds. The summed E-state index contributed by atoms with van der Waals surface area (Å²) in [4.78, 5) is 31.7. The zero-order valence-corrected chi connectivity index (χ0v) is 18.1. The fourth-order valence-corrected chi connectivity index (χ4v) is 4.00. The maximum atomic E-state index is 13.1. The number of carbonyl (C=O) groups is 2. The molecule has 1 aliphatic rings. The van der Waals surface area contributed by atoms with Crippen molar-refractivity contribution in [3.8, 4) is 11.3 Å². The molecule has 0 unspecified atom stereocenters. The Balaban J connectivity index is 1.41. The van der Waals surface area contributed by atoms with Gasteiger partial charge in [-0.1, -0.05) is 48.5 Å². The van der Waals surface area contributed by atoms with Gasteiger partial charge in [0.1, 0.15) is 0 Å². The van der Waals surface area contributed by atoms with Gasteiger partial charge >= 0.3 is 5.97 Å². The van der Waals surface area contributed by atoms with E-state index in [1.54, 1.807) is 31.2 Å². The fraction of sp³-hybridized carbons (Fsp3) is 0.320. The molecule has 7 nitrogen and oxygen atoms in total. The maximum Gasteiger partial charge on any atom is 0.360 e. The summed E-state index contributed by atoms with van der Waals surface area (Å²) < 4.78 is 10.5. The molecule has 4 rings (SSSR count). The van der Waals surface area contributed by atoms with Gasteiger partial charge in [-0.15, -0.1) is 0 Å². The Morgan fingerprint density at radius 2 is 1.81 bits per heavy atom. The first-order valence-electron chi connectivity index (χ1n) is 10.9. The lowest BCUT2D eigenvalue weighted by Gasteiger charge is -2.32. The van der Waals surface area contributed by atoms with Crippen LogP contribution in [0.4, 0.5) is 0 Å². The highest BCUT2D eigenvalue weighted by Crippen LogP contribution is 2.28. The number of hydrogen-bond acceptors (Lipinski definition) is 6. The lowest BCUT2D eigenvalue weighted by molar-refractivity contribution is 0.0520. The Labute approximate surface area is 187 Å². The number of rotatable bonds is 7. The molecule has 1 saturated heterocycles. The molecule has 7 heteroatoms. The summed E-state index contributed by atoms with van der Waals surface area (Å²) in [6, 6.07) is 17.6. The molecule has 1 aromatic heterocycles. The Morgan fingerprint density at radius 3 is 2.56 bits per heavy atom. The highest BCUT2D eigenvalue weighted by Gasteiger charge is 2.26. The van der Waals surface area contributed by atoms with E-state index in [9.17, 15) is 9.59 Å². The fourth-order valence-electron chi connectivity index (χ4n) is 4.00. The first-order valence-corrected chi connectivity index (χ1v) is 10.9. The van der Waals surface area contributed by atoms with E-state index >= 15 is 0 Å². The van der Waals surface area contributed by atoms with Gasteiger partial charge in [0.2, 0.25) is 0 Å². The second-order valence-electron chi connectivity index (χ2n) is 7.81. The van der Waals surface area contributed by atoms with E-state index in [0.29, 0.717) is 11.1 Å². The number of ether oxygens (including phenoxy) is 1. The van der Waals surface area contributed by atoms with Crippen molar-refractivity contribution in [2.24, 2.45) is 0 Å². The first-order chi connectivity index (χ1) is 15.7. The van der Waals surface area contributed by atoms with Crippen LogP contribution in [-0.2, 0) is 11.3 Å². The van der Waals surface area contributed by atoms with E-state index in [2.05, 4.69) is 39.5 Å². The SMILES string of the molecule is CCOC(=O)c1ncoc1-c1ccccc1C(=O)NC1CCN(Cc2ccccc2)CC1. The Hall–Kier alpha value is -3.45. The topological polar surface area (TPSA) is 84.7 Å². The highest BCUT2D eigenvalue weighted by molar-refractivity contribution is 6.03. The quantitative estimate of drug-likeness (QED) is 0.569. The van der Waals surface area contributed by atoms with Gasteiger partial charge in [-0.25, -0.2) is 9.78 Å². The number of benzene rings is 2. The van der Waals surface area contributed by atoms with Crippen molar-refractivity contribution in [1.82, 2.24) is 15.2 Å². The zero-order valence-electron chi connectivity index (χ0n) is 18.1. The number of oxazole rings is 1. The van der Waals surface area contributed by atoms with Gasteiger partial charge in [-0.3, -0.25) is 9.69 Å². The molecule has 0 bridgehead atoms. The molecule has 0 radical (unpaired) electrons. The number of likely N-dealkylation sites (tertiary alicyclic amines) is 1. The number of hydrogen-bond donors (Lipinski definition) is 1. The van der Waals surface area contributed by atoms with E-state index in [4.69, 9.17) is 9.15 Å². The molecule has 2 aromatic carbocycles. The summed E-state index contributed by atoms with van der Waals surface area (Å²) in [5.74, 6) is -0.516. The molecule has 166 valence electrons. The van der Waals surface area contributed by atoms with Crippen LogP contribution in [0.5, 0.6) is 0 Å². The molecule has 0 aliphatic carbocycles. The summed E-state index contributed by atoms with van der Waals surface area (Å²) in [5.41, 5.74) is 2.34. The van der Waals surface area contributed by atoms with Crippen molar-refractivity contribution in [2.45, 2.75) is 32.4 Å². The van der Waals surface area contributed by atoms with E-state index in [0.717, 1.165) is 32.5 Å². The number of amides is 1. The number of nitrogens with zero attached hydrogens (tertiary/aromatic N) is 2. The minimum Gasteiger partial charge on any atom is -0.461 e. The van der Waals surface area contributed by atoms with Gasteiger partial charge in [-0.05, 0) is 31.4 Å². The summed E-state index contributed by atoms with van der Waals surface area (Å²) in [6.07, 6.45) is 2.97. The third-order valence-corrected chi connectivity index (χ3v) is 5.62. The molecule has 3 aromatic rings. The largest absolute Gasteiger partial charge is 0.461 e. The number of carbonyl (C=O) groups excluding carboxylic acids is 2. The minimum atomic E-state index is -0.572. The normalized spacial score (nSPS) is 14.8. The van der Waals surface area contributed by atoms with Crippen molar-refractivity contribution in [1.29, 1.82) is 0 Å². The molecule has 0 atom stereocenters. The average Bonchev–Trinajstić information content (AvgIpc) is 3.31. The molecular weight excluding hydrogens is 406 g/mol. The Morgan fingerprint density at radius 1 is 1.09 bits per heavy atom. The van der Waals surface area contributed by atoms with Crippen molar-refractivity contribution in [2.75, 3.05) is 19.7 Å². The van der Waals surface area contributed by atoms with Gasteiger partial charge in [0.15, 0.2) is 17.8 Å².